The van der Waals surface area contributed by atoms with Crippen LogP contribution in [0.4, 0.5) is 0 Å². The van der Waals surface area contributed by atoms with E-state index in [1.165, 1.54) is 24.3 Å². The molecular formula is C35H59N11O12. The zero-order chi connectivity index (χ0) is 43.7. The largest absolute Gasteiger partial charge is 0.480 e. The number of aromatic amines is 1. The third-order valence-corrected chi connectivity index (χ3v) is 9.38. The normalized spacial score (nSPS) is 18.0. The minimum atomic E-state index is -1.72. The number of rotatable bonds is 24. The SMILES string of the molecule is CC(C)C(NC(=O)CNC(=O)C(N)C(C)O)C(=O)NC(Cc1cnc[nH]1)C(=O)NC(CCCCN)C(=O)N1CCCC1C(=O)NC(CO)C(=O)NC(C(=O)O)C(C)O. The van der Waals surface area contributed by atoms with E-state index in [1.807, 2.05) is 0 Å². The van der Waals surface area contributed by atoms with Crippen molar-refractivity contribution in [3.05, 3.63) is 18.2 Å². The average molecular weight is 826 g/mol. The molecule has 23 heteroatoms. The number of nitrogens with zero attached hydrogens (tertiary/aromatic N) is 2. The Hall–Kier alpha value is -5.23. The predicted octanol–water partition coefficient (Wildman–Crippen LogP) is -5.57. The van der Waals surface area contributed by atoms with Crippen molar-refractivity contribution in [3.63, 3.8) is 0 Å². The van der Waals surface area contributed by atoms with Gasteiger partial charge in [0.2, 0.25) is 41.4 Å². The number of imidazole rings is 1. The molecule has 0 aliphatic carbocycles. The van der Waals surface area contributed by atoms with Crippen LogP contribution in [-0.2, 0) is 44.8 Å². The van der Waals surface area contributed by atoms with Crippen LogP contribution in [0, 0.1) is 5.92 Å². The van der Waals surface area contributed by atoms with Crippen LogP contribution in [0.2, 0.25) is 0 Å². The van der Waals surface area contributed by atoms with Gasteiger partial charge in [-0.2, -0.15) is 0 Å². The van der Waals surface area contributed by atoms with E-state index in [0.29, 0.717) is 25.0 Å². The van der Waals surface area contributed by atoms with Crippen molar-refractivity contribution < 1.29 is 58.8 Å². The van der Waals surface area contributed by atoms with E-state index in [0.717, 1.165) is 6.92 Å². The van der Waals surface area contributed by atoms with Crippen molar-refractivity contribution in [2.75, 3.05) is 26.2 Å². The van der Waals surface area contributed by atoms with E-state index < -0.39 is 121 Å². The second-order valence-electron chi connectivity index (χ2n) is 14.5. The fraction of sp³-hybridized carbons (Fsp3) is 0.686. The number of aliphatic hydroxyl groups is 3. The van der Waals surface area contributed by atoms with Crippen LogP contribution < -0.4 is 43.4 Å². The number of carboxylic acids is 1. The van der Waals surface area contributed by atoms with Gasteiger partial charge in [0.25, 0.3) is 0 Å². The van der Waals surface area contributed by atoms with Crippen LogP contribution in [-0.4, -0.2) is 163 Å². The highest BCUT2D eigenvalue weighted by Gasteiger charge is 2.40. The van der Waals surface area contributed by atoms with E-state index in [9.17, 15) is 58.8 Å². The standard InChI is InChI=1S/C35H59N11O12/c1-17(2)27(44-25(50)14-39-32(54)26(37)18(3)48)33(55)42-22(12-20-13-38-16-40-20)29(51)41-21(8-5-6-10-36)34(56)46-11-7-9-24(46)31(53)43-23(15-47)30(52)45-28(19(4)49)35(57)58/h13,16-19,21-24,26-28,47-49H,5-12,14-15,36-37H2,1-4H3,(H,38,40)(H,39,54)(H,41,51)(H,42,55)(H,43,53)(H,44,50)(H,45,52)(H,57,58). The van der Waals surface area contributed by atoms with Crippen molar-refractivity contribution >= 4 is 47.3 Å². The number of nitrogens with one attached hydrogen (secondary N) is 7. The summed E-state index contributed by atoms with van der Waals surface area (Å²) in [4.78, 5) is 112. The number of H-pyrrole nitrogens is 1. The summed E-state index contributed by atoms with van der Waals surface area (Å²) in [5, 5.41) is 52.9. The average Bonchev–Trinajstić information content (AvgIpc) is 3.88. The van der Waals surface area contributed by atoms with Crippen molar-refractivity contribution in [1.82, 2.24) is 46.8 Å². The number of unbranched alkanes of at least 4 members (excludes halogenated alkanes) is 1. The first-order chi connectivity index (χ1) is 27.3. The number of amides is 7. The third-order valence-electron chi connectivity index (χ3n) is 9.38. The van der Waals surface area contributed by atoms with Gasteiger partial charge in [-0.15, -0.1) is 0 Å². The Morgan fingerprint density at radius 2 is 1.52 bits per heavy atom. The van der Waals surface area contributed by atoms with E-state index in [4.69, 9.17) is 11.5 Å². The number of carbonyl (C=O) groups is 8. The maximum absolute atomic E-state index is 14.1. The maximum atomic E-state index is 14.1. The number of carbonyl (C=O) groups excluding carboxylic acids is 7. The zero-order valence-corrected chi connectivity index (χ0v) is 33.1. The van der Waals surface area contributed by atoms with Crippen LogP contribution >= 0.6 is 0 Å². The number of hydrogen-bond acceptors (Lipinski definition) is 14. The van der Waals surface area contributed by atoms with Gasteiger partial charge >= 0.3 is 5.97 Å². The molecule has 0 radical (unpaired) electrons. The second-order valence-corrected chi connectivity index (χ2v) is 14.5. The Bertz CT molecular complexity index is 1560. The molecule has 2 heterocycles. The highest BCUT2D eigenvalue weighted by Crippen LogP contribution is 2.20. The molecule has 9 atom stereocenters. The van der Waals surface area contributed by atoms with Crippen LogP contribution in [0.25, 0.3) is 0 Å². The molecule has 0 saturated carbocycles. The third kappa shape index (κ3) is 14.9. The smallest absolute Gasteiger partial charge is 0.328 e. The molecule has 0 aromatic carbocycles. The molecule has 15 N–H and O–H groups in total. The van der Waals surface area contributed by atoms with Crippen molar-refractivity contribution in [3.8, 4) is 0 Å². The lowest BCUT2D eigenvalue weighted by Gasteiger charge is -2.31. The summed E-state index contributed by atoms with van der Waals surface area (Å²) in [6.07, 6.45) is 1.48. The molecule has 2 rings (SSSR count). The van der Waals surface area contributed by atoms with Gasteiger partial charge < -0.3 is 73.7 Å². The number of likely N-dealkylation sites (tertiary alicyclic amines) is 1. The van der Waals surface area contributed by atoms with Gasteiger partial charge in [-0.25, -0.2) is 9.78 Å². The number of nitrogens with two attached hydrogens (primary N) is 2. The number of aliphatic carboxylic acids is 1. The van der Waals surface area contributed by atoms with Crippen LogP contribution in [0.3, 0.4) is 0 Å². The van der Waals surface area contributed by atoms with Gasteiger partial charge in [-0.05, 0) is 58.4 Å². The predicted molar refractivity (Wildman–Crippen MR) is 203 cm³/mol. The van der Waals surface area contributed by atoms with Crippen LogP contribution in [0.15, 0.2) is 12.5 Å². The van der Waals surface area contributed by atoms with Crippen LogP contribution in [0.5, 0.6) is 0 Å². The molecule has 1 saturated heterocycles. The molecule has 326 valence electrons. The Morgan fingerprint density at radius 3 is 2.07 bits per heavy atom. The summed E-state index contributed by atoms with van der Waals surface area (Å²) in [5.74, 6) is -7.69. The summed E-state index contributed by atoms with van der Waals surface area (Å²) >= 11 is 0. The first-order valence-electron chi connectivity index (χ1n) is 19.0. The molecule has 0 spiro atoms. The molecule has 0 bridgehead atoms. The quantitative estimate of drug-likeness (QED) is 0.0432. The second kappa shape index (κ2) is 23.9. The van der Waals surface area contributed by atoms with Gasteiger partial charge in [0.1, 0.15) is 36.3 Å². The summed E-state index contributed by atoms with van der Waals surface area (Å²) in [7, 11) is 0. The number of aromatic nitrogens is 2. The first-order valence-corrected chi connectivity index (χ1v) is 19.0. The fourth-order valence-electron chi connectivity index (χ4n) is 5.98. The fourth-order valence-corrected chi connectivity index (χ4v) is 5.98. The highest BCUT2D eigenvalue weighted by atomic mass is 16.4. The van der Waals surface area contributed by atoms with E-state index in [-0.39, 0.29) is 32.4 Å². The lowest BCUT2D eigenvalue weighted by atomic mass is 10.0. The van der Waals surface area contributed by atoms with Gasteiger partial charge in [0, 0.05) is 24.9 Å². The minimum absolute atomic E-state index is 0.0873. The molecule has 1 aliphatic heterocycles. The number of aliphatic hydroxyl groups excluding tert-OH is 3. The summed E-state index contributed by atoms with van der Waals surface area (Å²) in [5.41, 5.74) is 11.7. The Labute approximate surface area is 335 Å². The Kier molecular flexibility index (Phi) is 20.1. The molecule has 7 amide bonds. The lowest BCUT2D eigenvalue weighted by Crippen LogP contribution is -2.60. The molecular weight excluding hydrogens is 766 g/mol. The Morgan fingerprint density at radius 1 is 0.862 bits per heavy atom. The summed E-state index contributed by atoms with van der Waals surface area (Å²) in [6.45, 7) is 4.61. The van der Waals surface area contributed by atoms with Crippen LogP contribution in [0.1, 0.15) is 65.5 Å². The van der Waals surface area contributed by atoms with Gasteiger partial charge in [0.05, 0.1) is 31.7 Å². The topological polar surface area (TPSA) is 374 Å². The minimum Gasteiger partial charge on any atom is -0.480 e. The van der Waals surface area contributed by atoms with E-state index >= 15 is 0 Å². The number of carboxylic acid groups (broad SMARTS) is 1. The highest BCUT2D eigenvalue weighted by molar-refractivity contribution is 5.97. The molecule has 1 aromatic heterocycles. The molecule has 1 fully saturated rings. The van der Waals surface area contributed by atoms with Gasteiger partial charge in [-0.3, -0.25) is 33.6 Å². The molecule has 1 aliphatic rings. The van der Waals surface area contributed by atoms with Gasteiger partial charge in [0.15, 0.2) is 6.04 Å². The van der Waals surface area contributed by atoms with Gasteiger partial charge in [-0.1, -0.05) is 13.8 Å². The Balaban J connectivity index is 2.27. The number of hydrogen-bond donors (Lipinski definition) is 13. The van der Waals surface area contributed by atoms with Crippen molar-refractivity contribution in [2.45, 2.75) is 121 Å². The van der Waals surface area contributed by atoms with E-state index in [2.05, 4.69) is 41.9 Å². The lowest BCUT2D eigenvalue weighted by molar-refractivity contribution is -0.146. The van der Waals surface area contributed by atoms with Crippen molar-refractivity contribution in [2.24, 2.45) is 17.4 Å². The first kappa shape index (κ1) is 48.9. The molecule has 58 heavy (non-hydrogen) atoms. The zero-order valence-electron chi connectivity index (χ0n) is 33.1. The van der Waals surface area contributed by atoms with Crippen molar-refractivity contribution in [1.29, 1.82) is 0 Å². The maximum Gasteiger partial charge on any atom is 0.328 e. The monoisotopic (exact) mass is 825 g/mol. The molecule has 23 nitrogen and oxygen atoms in total. The van der Waals surface area contributed by atoms with E-state index in [1.54, 1.807) is 13.8 Å². The molecule has 9 unspecified atom stereocenters. The summed E-state index contributed by atoms with van der Waals surface area (Å²) < 4.78 is 0. The summed E-state index contributed by atoms with van der Waals surface area (Å²) in [6, 6.07) is -9.50. The molecule has 1 aromatic rings.